The van der Waals surface area contributed by atoms with Crippen molar-refractivity contribution in [3.63, 3.8) is 0 Å². The number of rotatable bonds is 7. The molecule has 0 saturated carbocycles. The Kier molecular flexibility index (Phi) is 6.73. The zero-order valence-electron chi connectivity index (χ0n) is 19.2. The molecule has 0 radical (unpaired) electrons. The van der Waals surface area contributed by atoms with E-state index in [0.717, 1.165) is 67.5 Å². The van der Waals surface area contributed by atoms with E-state index < -0.39 is 0 Å². The van der Waals surface area contributed by atoms with Crippen LogP contribution in [0.5, 0.6) is 0 Å². The Morgan fingerprint density at radius 3 is 2.82 bits per heavy atom. The minimum Gasteiger partial charge on any atom is -0.381 e. The molecule has 2 fully saturated rings. The second kappa shape index (κ2) is 9.89. The van der Waals surface area contributed by atoms with Crippen LogP contribution in [0.2, 0.25) is 0 Å². The van der Waals surface area contributed by atoms with E-state index in [2.05, 4.69) is 29.2 Å². The van der Waals surface area contributed by atoms with E-state index in [-0.39, 0.29) is 18.0 Å². The number of nitrogens with zero attached hydrogens (tertiary/aromatic N) is 4. The highest BCUT2D eigenvalue weighted by molar-refractivity contribution is 7.13. The number of ether oxygens (including phenoxy) is 2. The van der Waals surface area contributed by atoms with Crippen molar-refractivity contribution in [1.29, 1.82) is 0 Å². The second-order valence-corrected chi connectivity index (χ2v) is 9.95. The van der Waals surface area contributed by atoms with Gasteiger partial charge in [-0.15, -0.1) is 11.3 Å². The normalized spacial score (nSPS) is 20.5. The number of carbonyl (C=O) groups is 1. The largest absolute Gasteiger partial charge is 0.381 e. The van der Waals surface area contributed by atoms with Crippen molar-refractivity contribution in [3.8, 4) is 10.6 Å². The van der Waals surface area contributed by atoms with E-state index >= 15 is 0 Å². The Morgan fingerprint density at radius 2 is 2.12 bits per heavy atom. The van der Waals surface area contributed by atoms with Crippen LogP contribution < -0.4 is 5.32 Å². The highest BCUT2D eigenvalue weighted by Gasteiger charge is 2.32. The Bertz CT molecular complexity index is 1090. The predicted octanol–water partition coefficient (Wildman–Crippen LogP) is 3.21. The minimum absolute atomic E-state index is 0.0827. The second-order valence-electron chi connectivity index (χ2n) is 9.00. The third-order valence-electron chi connectivity index (χ3n) is 6.57. The number of hydrogen-bond donors (Lipinski definition) is 1. The van der Waals surface area contributed by atoms with Crippen LogP contribution in [-0.4, -0.2) is 77.7 Å². The number of fused-ring (bicyclic) bond motifs is 1. The Morgan fingerprint density at radius 1 is 1.27 bits per heavy atom. The number of nitrogens with one attached hydrogen (secondary N) is 1. The fourth-order valence-corrected chi connectivity index (χ4v) is 5.47. The van der Waals surface area contributed by atoms with Crippen molar-refractivity contribution in [2.75, 3.05) is 46.1 Å². The van der Waals surface area contributed by atoms with Gasteiger partial charge in [-0.05, 0) is 37.8 Å². The quantitative estimate of drug-likeness (QED) is 0.572. The average Bonchev–Trinajstić information content (AvgIpc) is 3.61. The molecule has 2 aliphatic rings. The van der Waals surface area contributed by atoms with Crippen molar-refractivity contribution in [3.05, 3.63) is 35.3 Å². The van der Waals surface area contributed by atoms with Crippen LogP contribution in [0.1, 0.15) is 36.7 Å². The molecule has 0 aliphatic carbocycles. The lowest BCUT2D eigenvalue weighted by Gasteiger charge is -2.37. The number of thiophene rings is 1. The van der Waals surface area contributed by atoms with Gasteiger partial charge in [0.25, 0.3) is 5.91 Å². The van der Waals surface area contributed by atoms with Crippen LogP contribution >= 0.6 is 11.3 Å². The Balaban J connectivity index is 1.43. The van der Waals surface area contributed by atoms with E-state index in [0.29, 0.717) is 18.0 Å². The molecule has 3 aromatic rings. The van der Waals surface area contributed by atoms with Gasteiger partial charge in [-0.2, -0.15) is 5.10 Å². The highest BCUT2D eigenvalue weighted by atomic mass is 32.1. The summed E-state index contributed by atoms with van der Waals surface area (Å²) in [6.07, 6.45) is 2.79. The van der Waals surface area contributed by atoms with Gasteiger partial charge in [0, 0.05) is 44.2 Å². The molecule has 2 unspecified atom stereocenters. The van der Waals surface area contributed by atoms with Crippen LogP contribution in [0.4, 0.5) is 0 Å². The summed E-state index contributed by atoms with van der Waals surface area (Å²) in [6.45, 7) is 9.53. The van der Waals surface area contributed by atoms with E-state index in [1.807, 2.05) is 28.3 Å². The first-order valence-electron chi connectivity index (χ1n) is 11.7. The first kappa shape index (κ1) is 22.5. The number of pyridine rings is 1. The lowest BCUT2D eigenvalue weighted by molar-refractivity contribution is 0.00167. The molecule has 5 rings (SSSR count). The molecule has 1 amide bonds. The van der Waals surface area contributed by atoms with Gasteiger partial charge in [-0.1, -0.05) is 6.07 Å². The molecular weight excluding hydrogens is 438 g/mol. The first-order chi connectivity index (χ1) is 16.1. The topological polar surface area (TPSA) is 81.5 Å². The summed E-state index contributed by atoms with van der Waals surface area (Å²) in [5.74, 6) is 0.340. The van der Waals surface area contributed by atoms with Crippen LogP contribution in [0, 0.1) is 5.92 Å². The Labute approximate surface area is 197 Å². The van der Waals surface area contributed by atoms with Crippen molar-refractivity contribution in [2.45, 2.75) is 32.4 Å². The van der Waals surface area contributed by atoms with Crippen molar-refractivity contribution in [2.24, 2.45) is 5.92 Å². The summed E-state index contributed by atoms with van der Waals surface area (Å²) in [5.41, 5.74) is 2.17. The molecular formula is C24H31N5O3S. The monoisotopic (exact) mass is 469 g/mol. The molecule has 0 spiro atoms. The van der Waals surface area contributed by atoms with E-state index in [9.17, 15) is 4.79 Å². The molecule has 1 N–H and O–H groups in total. The molecule has 0 aromatic carbocycles. The van der Waals surface area contributed by atoms with Crippen LogP contribution in [0.25, 0.3) is 21.6 Å². The fraction of sp³-hybridized carbons (Fsp3) is 0.542. The summed E-state index contributed by atoms with van der Waals surface area (Å²) >= 11 is 1.62. The molecule has 8 nitrogen and oxygen atoms in total. The van der Waals surface area contributed by atoms with Crippen LogP contribution in [-0.2, 0) is 9.47 Å². The summed E-state index contributed by atoms with van der Waals surface area (Å²) in [5, 5.41) is 10.6. The maximum absolute atomic E-state index is 13.5. The maximum atomic E-state index is 13.5. The fourth-order valence-electron chi connectivity index (χ4n) is 4.79. The molecule has 33 heavy (non-hydrogen) atoms. The molecule has 176 valence electrons. The standard InChI is InChI=1S/C24H31N5O3S/c1-16(2)29-23-19(13-26-29)18(12-20(27-23)22-4-3-11-33-22)24(30)25-14-21(17-5-8-32-15-17)28-6-9-31-10-7-28/h3-4,11-13,16-17,21H,5-10,14-15H2,1-2H3,(H,25,30). The molecule has 5 heterocycles. The van der Waals surface area contributed by atoms with Gasteiger partial charge < -0.3 is 14.8 Å². The average molecular weight is 470 g/mol. The van der Waals surface area contributed by atoms with Gasteiger partial charge >= 0.3 is 0 Å². The smallest absolute Gasteiger partial charge is 0.252 e. The SMILES string of the molecule is CC(C)n1ncc2c(C(=O)NCC(C3CCOC3)N3CCOCC3)cc(-c3cccs3)nc21. The third kappa shape index (κ3) is 4.68. The summed E-state index contributed by atoms with van der Waals surface area (Å²) in [6, 6.07) is 6.33. The lowest BCUT2D eigenvalue weighted by Crippen LogP contribution is -2.52. The van der Waals surface area contributed by atoms with Crippen molar-refractivity contribution < 1.29 is 14.3 Å². The highest BCUT2D eigenvalue weighted by Crippen LogP contribution is 2.29. The van der Waals surface area contributed by atoms with Gasteiger partial charge in [0.05, 0.1) is 47.5 Å². The number of carbonyl (C=O) groups excluding carboxylic acids is 1. The zero-order chi connectivity index (χ0) is 22.8. The lowest BCUT2D eigenvalue weighted by atomic mass is 9.96. The van der Waals surface area contributed by atoms with Crippen LogP contribution in [0.3, 0.4) is 0 Å². The van der Waals surface area contributed by atoms with Crippen LogP contribution in [0.15, 0.2) is 29.8 Å². The van der Waals surface area contributed by atoms with Gasteiger partial charge in [0.2, 0.25) is 0 Å². The third-order valence-corrected chi connectivity index (χ3v) is 7.46. The van der Waals surface area contributed by atoms with Crippen molar-refractivity contribution >= 4 is 28.3 Å². The molecule has 2 atom stereocenters. The summed E-state index contributed by atoms with van der Waals surface area (Å²) in [4.78, 5) is 21.9. The molecule has 2 saturated heterocycles. The first-order valence-corrected chi connectivity index (χ1v) is 12.6. The zero-order valence-corrected chi connectivity index (χ0v) is 20.0. The van der Waals surface area contributed by atoms with E-state index in [1.165, 1.54) is 0 Å². The van der Waals surface area contributed by atoms with Gasteiger partial charge in [-0.25, -0.2) is 9.67 Å². The number of hydrogen-bond acceptors (Lipinski definition) is 7. The minimum atomic E-state index is -0.0827. The summed E-state index contributed by atoms with van der Waals surface area (Å²) in [7, 11) is 0. The van der Waals surface area contributed by atoms with Gasteiger partial charge in [0.15, 0.2) is 5.65 Å². The molecule has 2 aliphatic heterocycles. The van der Waals surface area contributed by atoms with Gasteiger partial charge in [-0.3, -0.25) is 9.69 Å². The number of morpholine rings is 1. The van der Waals surface area contributed by atoms with E-state index in [1.54, 1.807) is 17.5 Å². The van der Waals surface area contributed by atoms with Gasteiger partial charge in [0.1, 0.15) is 0 Å². The predicted molar refractivity (Wildman–Crippen MR) is 129 cm³/mol. The van der Waals surface area contributed by atoms with E-state index in [4.69, 9.17) is 14.5 Å². The van der Waals surface area contributed by atoms with Crippen molar-refractivity contribution in [1.82, 2.24) is 25.0 Å². The number of aromatic nitrogens is 3. The maximum Gasteiger partial charge on any atom is 0.252 e. The molecule has 3 aromatic heterocycles. The summed E-state index contributed by atoms with van der Waals surface area (Å²) < 4.78 is 13.1. The molecule has 9 heteroatoms. The molecule has 0 bridgehead atoms. The Hall–Kier alpha value is -2.33. The number of amides is 1.